The van der Waals surface area contributed by atoms with Crippen molar-refractivity contribution in [3.63, 3.8) is 0 Å². The second kappa shape index (κ2) is 13.1. The zero-order valence-corrected chi connectivity index (χ0v) is 21.2. The number of para-hydroxylation sites is 1. The van der Waals surface area contributed by atoms with Gasteiger partial charge in [-0.2, -0.15) is 5.10 Å². The fraction of sp³-hybridized carbons (Fsp3) is 0.393. The standard InChI is InChI=1S/C28H37N3O4/c1-6-17-34-20-24(32)18-30(21(3)7-2)19-27-22(4)29-31(23-11-9-8-10-12-23)28(27)35-26-15-13-25(33-5)14-16-26/h6,8-16,21,24,32H,1,7,17-20H2,2-5H3/t21-,24-/m0/s1. The molecule has 3 rings (SSSR count). The van der Waals surface area contributed by atoms with Crippen molar-refractivity contribution in [2.45, 2.75) is 45.9 Å². The Morgan fingerprint density at radius 2 is 1.80 bits per heavy atom. The number of ether oxygens (including phenoxy) is 3. The molecule has 0 saturated carbocycles. The molecule has 35 heavy (non-hydrogen) atoms. The maximum Gasteiger partial charge on any atom is 0.227 e. The number of aromatic nitrogens is 2. The van der Waals surface area contributed by atoms with E-state index < -0.39 is 6.10 Å². The molecule has 1 heterocycles. The van der Waals surface area contributed by atoms with E-state index >= 15 is 0 Å². The smallest absolute Gasteiger partial charge is 0.227 e. The van der Waals surface area contributed by atoms with Crippen molar-refractivity contribution >= 4 is 0 Å². The number of methoxy groups -OCH3 is 1. The molecule has 3 aromatic rings. The SMILES string of the molecule is C=CCOC[C@@H](O)CN(Cc1c(C)nn(-c2ccccc2)c1Oc1ccc(OC)cc1)[C@@H](C)CC. The summed E-state index contributed by atoms with van der Waals surface area (Å²) in [4.78, 5) is 2.25. The summed E-state index contributed by atoms with van der Waals surface area (Å²) in [5, 5.41) is 15.4. The molecule has 0 aliphatic carbocycles. The van der Waals surface area contributed by atoms with E-state index in [4.69, 9.17) is 19.3 Å². The molecule has 1 N–H and O–H groups in total. The van der Waals surface area contributed by atoms with Crippen LogP contribution >= 0.6 is 0 Å². The van der Waals surface area contributed by atoms with E-state index in [9.17, 15) is 5.11 Å². The Bertz CT molecular complexity index is 1050. The molecule has 0 aliphatic rings. The van der Waals surface area contributed by atoms with Gasteiger partial charge in [-0.25, -0.2) is 4.68 Å². The highest BCUT2D eigenvalue weighted by Crippen LogP contribution is 2.33. The van der Waals surface area contributed by atoms with E-state index in [2.05, 4.69) is 25.3 Å². The lowest BCUT2D eigenvalue weighted by Gasteiger charge is -2.30. The third-order valence-corrected chi connectivity index (χ3v) is 5.98. The van der Waals surface area contributed by atoms with E-state index in [1.165, 1.54) is 0 Å². The normalized spacial score (nSPS) is 13.0. The van der Waals surface area contributed by atoms with Crippen LogP contribution in [-0.4, -0.2) is 58.8 Å². The highest BCUT2D eigenvalue weighted by atomic mass is 16.5. The lowest BCUT2D eigenvalue weighted by molar-refractivity contribution is 0.0155. The lowest BCUT2D eigenvalue weighted by Crippen LogP contribution is -2.40. The summed E-state index contributed by atoms with van der Waals surface area (Å²) >= 11 is 0. The minimum Gasteiger partial charge on any atom is -0.497 e. The predicted octanol–water partition coefficient (Wildman–Crippen LogP) is 5.15. The van der Waals surface area contributed by atoms with Crippen LogP contribution in [0.15, 0.2) is 67.3 Å². The zero-order chi connectivity index (χ0) is 25.2. The van der Waals surface area contributed by atoms with Gasteiger partial charge in [0.25, 0.3) is 0 Å². The summed E-state index contributed by atoms with van der Waals surface area (Å²) in [5.74, 6) is 2.11. The van der Waals surface area contributed by atoms with Gasteiger partial charge in [0, 0.05) is 19.1 Å². The highest BCUT2D eigenvalue weighted by molar-refractivity contribution is 5.44. The van der Waals surface area contributed by atoms with Crippen LogP contribution in [0.3, 0.4) is 0 Å². The summed E-state index contributed by atoms with van der Waals surface area (Å²) in [6.45, 7) is 11.7. The van der Waals surface area contributed by atoms with Crippen molar-refractivity contribution in [3.8, 4) is 23.1 Å². The number of hydrogen-bond acceptors (Lipinski definition) is 6. The van der Waals surface area contributed by atoms with Crippen LogP contribution in [0.2, 0.25) is 0 Å². The van der Waals surface area contributed by atoms with Gasteiger partial charge in [0.05, 0.1) is 43.4 Å². The van der Waals surface area contributed by atoms with Crippen molar-refractivity contribution in [2.24, 2.45) is 0 Å². The minimum atomic E-state index is -0.612. The number of hydrogen-bond donors (Lipinski definition) is 1. The van der Waals surface area contributed by atoms with Crippen LogP contribution in [0, 0.1) is 6.92 Å². The van der Waals surface area contributed by atoms with Gasteiger partial charge in [0.1, 0.15) is 11.5 Å². The van der Waals surface area contributed by atoms with Crippen LogP contribution in [0.25, 0.3) is 5.69 Å². The van der Waals surface area contributed by atoms with E-state index in [1.807, 2.05) is 66.2 Å². The first-order chi connectivity index (χ1) is 17.0. The topological polar surface area (TPSA) is 69.0 Å². The average Bonchev–Trinajstić information content (AvgIpc) is 3.18. The van der Waals surface area contributed by atoms with Crippen LogP contribution in [0.4, 0.5) is 0 Å². The molecule has 188 valence electrons. The maximum absolute atomic E-state index is 10.6. The monoisotopic (exact) mass is 479 g/mol. The van der Waals surface area contributed by atoms with Gasteiger partial charge in [-0.15, -0.1) is 6.58 Å². The van der Waals surface area contributed by atoms with Gasteiger partial charge in [0.15, 0.2) is 0 Å². The van der Waals surface area contributed by atoms with E-state index in [0.29, 0.717) is 31.3 Å². The molecule has 7 heteroatoms. The fourth-order valence-electron chi connectivity index (χ4n) is 3.80. The molecule has 0 aliphatic heterocycles. The molecule has 0 fully saturated rings. The second-order valence-electron chi connectivity index (χ2n) is 8.56. The predicted molar refractivity (Wildman–Crippen MR) is 139 cm³/mol. The number of benzene rings is 2. The van der Waals surface area contributed by atoms with Gasteiger partial charge in [0.2, 0.25) is 5.88 Å². The largest absolute Gasteiger partial charge is 0.497 e. The summed E-state index contributed by atoms with van der Waals surface area (Å²) in [5.41, 5.74) is 2.77. The van der Waals surface area contributed by atoms with Crippen LogP contribution < -0.4 is 9.47 Å². The van der Waals surface area contributed by atoms with Crippen molar-refractivity contribution in [1.82, 2.24) is 14.7 Å². The minimum absolute atomic E-state index is 0.248. The van der Waals surface area contributed by atoms with Gasteiger partial charge in [-0.05, 0) is 56.7 Å². The van der Waals surface area contributed by atoms with Crippen LogP contribution in [-0.2, 0) is 11.3 Å². The Balaban J connectivity index is 1.95. The fourth-order valence-corrected chi connectivity index (χ4v) is 3.80. The summed E-state index contributed by atoms with van der Waals surface area (Å²) < 4.78 is 19.0. The Kier molecular flexibility index (Phi) is 9.90. The molecule has 2 atom stereocenters. The Hall–Kier alpha value is -3.13. The second-order valence-corrected chi connectivity index (χ2v) is 8.56. The highest BCUT2D eigenvalue weighted by Gasteiger charge is 2.24. The number of aliphatic hydroxyl groups is 1. The number of nitrogens with zero attached hydrogens (tertiary/aromatic N) is 3. The molecule has 0 radical (unpaired) electrons. The molecule has 2 aromatic carbocycles. The molecular formula is C28H37N3O4. The van der Waals surface area contributed by atoms with Gasteiger partial charge in [-0.1, -0.05) is 31.2 Å². The summed E-state index contributed by atoms with van der Waals surface area (Å²) in [6, 6.07) is 17.7. The molecular weight excluding hydrogens is 442 g/mol. The van der Waals surface area contributed by atoms with E-state index in [1.54, 1.807) is 13.2 Å². The number of aliphatic hydroxyl groups excluding tert-OH is 1. The van der Waals surface area contributed by atoms with E-state index in [0.717, 1.165) is 29.1 Å². The van der Waals surface area contributed by atoms with Gasteiger partial charge < -0.3 is 19.3 Å². The lowest BCUT2D eigenvalue weighted by atomic mass is 10.1. The van der Waals surface area contributed by atoms with Crippen LogP contribution in [0.5, 0.6) is 17.4 Å². The number of rotatable bonds is 14. The first kappa shape index (κ1) is 26.5. The molecule has 0 amide bonds. The third-order valence-electron chi connectivity index (χ3n) is 5.98. The first-order valence-corrected chi connectivity index (χ1v) is 12.0. The van der Waals surface area contributed by atoms with Gasteiger partial charge in [-0.3, -0.25) is 4.90 Å². The van der Waals surface area contributed by atoms with E-state index in [-0.39, 0.29) is 12.6 Å². The van der Waals surface area contributed by atoms with Crippen molar-refractivity contribution in [2.75, 3.05) is 26.9 Å². The Labute approximate surface area is 208 Å². The third kappa shape index (κ3) is 7.18. The Morgan fingerprint density at radius 1 is 1.11 bits per heavy atom. The first-order valence-electron chi connectivity index (χ1n) is 12.0. The van der Waals surface area contributed by atoms with Crippen LogP contribution in [0.1, 0.15) is 31.5 Å². The molecule has 7 nitrogen and oxygen atoms in total. The van der Waals surface area contributed by atoms with Crippen molar-refractivity contribution < 1.29 is 19.3 Å². The summed E-state index contributed by atoms with van der Waals surface area (Å²) in [6.07, 6.45) is 2.02. The maximum atomic E-state index is 10.6. The average molecular weight is 480 g/mol. The van der Waals surface area contributed by atoms with Crippen molar-refractivity contribution in [1.29, 1.82) is 0 Å². The molecule has 0 spiro atoms. The molecule has 0 unspecified atom stereocenters. The van der Waals surface area contributed by atoms with Gasteiger partial charge >= 0.3 is 0 Å². The quantitative estimate of drug-likeness (QED) is 0.255. The zero-order valence-electron chi connectivity index (χ0n) is 21.2. The Morgan fingerprint density at radius 3 is 2.43 bits per heavy atom. The molecule has 1 aromatic heterocycles. The molecule has 0 saturated heterocycles. The summed E-state index contributed by atoms with van der Waals surface area (Å²) in [7, 11) is 1.64. The number of aryl methyl sites for hydroxylation is 1. The van der Waals surface area contributed by atoms with Crippen molar-refractivity contribution in [3.05, 3.63) is 78.5 Å². The molecule has 0 bridgehead atoms.